The van der Waals surface area contributed by atoms with Gasteiger partial charge >= 0.3 is 5.97 Å². The number of epoxide rings is 1. The number of ether oxygens (including phenoxy) is 2. The lowest BCUT2D eigenvalue weighted by Crippen LogP contribution is -2.27. The molecule has 1 aliphatic rings. The molecule has 0 amide bonds. The minimum atomic E-state index is -0.595. The molecule has 0 aromatic rings. The maximum absolute atomic E-state index is 11.8. The molecule has 3 atom stereocenters. The molecule has 5 heteroatoms. The van der Waals surface area contributed by atoms with Crippen molar-refractivity contribution in [1.82, 2.24) is 0 Å². The van der Waals surface area contributed by atoms with E-state index in [-0.39, 0.29) is 5.97 Å². The number of rotatable bonds is 13. The van der Waals surface area contributed by atoms with E-state index in [1.54, 1.807) is 0 Å². The fourth-order valence-corrected chi connectivity index (χ4v) is 3.77. The number of carbonyl (C=O) groups excluding carboxylic acids is 1. The number of hydrogen-bond acceptors (Lipinski definition) is 3. The van der Waals surface area contributed by atoms with Crippen LogP contribution in [0.25, 0.3) is 0 Å². The van der Waals surface area contributed by atoms with Crippen molar-refractivity contribution >= 4 is 37.8 Å². The molecule has 22 heavy (non-hydrogen) atoms. The van der Waals surface area contributed by atoms with Crippen LogP contribution in [-0.2, 0) is 14.3 Å². The molecular weight excluding hydrogens is 412 g/mol. The summed E-state index contributed by atoms with van der Waals surface area (Å²) in [5.74, 6) is -0.176. The van der Waals surface area contributed by atoms with Crippen LogP contribution < -0.4 is 0 Å². The second-order valence-electron chi connectivity index (χ2n) is 6.13. The highest BCUT2D eigenvalue weighted by molar-refractivity contribution is 9.12. The van der Waals surface area contributed by atoms with Crippen LogP contribution in [0.4, 0.5) is 0 Å². The van der Waals surface area contributed by atoms with Gasteiger partial charge in [0, 0.05) is 9.65 Å². The Bertz CT molecular complexity index is 319. The Morgan fingerprint density at radius 3 is 2.18 bits per heavy atom. The summed E-state index contributed by atoms with van der Waals surface area (Å²) < 4.78 is 10.4. The molecule has 1 aliphatic heterocycles. The van der Waals surface area contributed by atoms with Crippen molar-refractivity contribution in [1.29, 1.82) is 0 Å². The number of halogens is 2. The lowest BCUT2D eigenvalue weighted by atomic mass is 10.0. The van der Waals surface area contributed by atoms with Crippen LogP contribution in [0.15, 0.2) is 0 Å². The van der Waals surface area contributed by atoms with Gasteiger partial charge in [-0.3, -0.25) is 0 Å². The summed E-state index contributed by atoms with van der Waals surface area (Å²) in [4.78, 5) is 12.9. The first kappa shape index (κ1) is 20.4. The zero-order valence-corrected chi connectivity index (χ0v) is 17.1. The van der Waals surface area contributed by atoms with Crippen molar-refractivity contribution < 1.29 is 14.3 Å². The summed E-state index contributed by atoms with van der Waals surface area (Å²) in [7, 11) is 0. The van der Waals surface area contributed by atoms with E-state index in [0.717, 1.165) is 19.3 Å². The first-order valence-electron chi connectivity index (χ1n) is 8.65. The summed E-state index contributed by atoms with van der Waals surface area (Å²) >= 11 is 7.59. The molecule has 0 radical (unpaired) electrons. The standard InChI is InChI=1S/C17H30Br2O3/c1-3-5-7-10-14(18)15(19)11-8-6-9-12-17(13-22-17)16(20)21-4-2/h14-15H,3-13H2,1-2H3. The van der Waals surface area contributed by atoms with E-state index >= 15 is 0 Å². The highest BCUT2D eigenvalue weighted by atomic mass is 79.9. The molecule has 0 N–H and O–H groups in total. The zero-order chi connectivity index (χ0) is 16.4. The molecule has 3 nitrogen and oxygen atoms in total. The Morgan fingerprint density at radius 2 is 1.68 bits per heavy atom. The molecule has 0 saturated carbocycles. The van der Waals surface area contributed by atoms with Gasteiger partial charge in [0.2, 0.25) is 0 Å². The fourth-order valence-electron chi connectivity index (χ4n) is 2.59. The number of alkyl halides is 2. The number of unbranched alkanes of at least 4 members (excludes halogenated alkanes) is 4. The van der Waals surface area contributed by atoms with Gasteiger partial charge in [0.15, 0.2) is 5.60 Å². The average molecular weight is 442 g/mol. The van der Waals surface area contributed by atoms with E-state index in [1.807, 2.05) is 6.92 Å². The average Bonchev–Trinajstić information content (AvgIpc) is 3.28. The van der Waals surface area contributed by atoms with Gasteiger partial charge in [-0.05, 0) is 32.6 Å². The maximum Gasteiger partial charge on any atom is 0.340 e. The van der Waals surface area contributed by atoms with Crippen LogP contribution in [0.3, 0.4) is 0 Å². The van der Waals surface area contributed by atoms with Gasteiger partial charge in [-0.25, -0.2) is 4.79 Å². The predicted molar refractivity (Wildman–Crippen MR) is 98.0 cm³/mol. The summed E-state index contributed by atoms with van der Waals surface area (Å²) in [6.45, 7) is 5.04. The Balaban J connectivity index is 2.06. The van der Waals surface area contributed by atoms with Crippen molar-refractivity contribution in [3.8, 4) is 0 Å². The minimum absolute atomic E-state index is 0.176. The van der Waals surface area contributed by atoms with Gasteiger partial charge in [-0.15, -0.1) is 0 Å². The molecule has 1 fully saturated rings. The molecule has 0 aromatic heterocycles. The highest BCUT2D eigenvalue weighted by Crippen LogP contribution is 2.34. The Morgan fingerprint density at radius 1 is 1.09 bits per heavy atom. The van der Waals surface area contributed by atoms with E-state index in [2.05, 4.69) is 38.8 Å². The fraction of sp³-hybridized carbons (Fsp3) is 0.941. The number of hydrogen-bond donors (Lipinski definition) is 0. The summed E-state index contributed by atoms with van der Waals surface area (Å²) in [6.07, 6.45) is 10.5. The van der Waals surface area contributed by atoms with Crippen LogP contribution >= 0.6 is 31.9 Å². The van der Waals surface area contributed by atoms with E-state index in [9.17, 15) is 4.79 Å². The Hall–Kier alpha value is 0.390. The quantitative estimate of drug-likeness (QED) is 0.167. The monoisotopic (exact) mass is 440 g/mol. The summed E-state index contributed by atoms with van der Waals surface area (Å²) in [6, 6.07) is 0. The van der Waals surface area contributed by atoms with Crippen molar-refractivity contribution in [2.24, 2.45) is 0 Å². The van der Waals surface area contributed by atoms with E-state index in [0.29, 0.717) is 22.9 Å². The largest absolute Gasteiger partial charge is 0.464 e. The molecule has 3 unspecified atom stereocenters. The Kier molecular flexibility index (Phi) is 10.2. The van der Waals surface area contributed by atoms with Crippen molar-refractivity contribution in [2.75, 3.05) is 13.2 Å². The third-order valence-electron chi connectivity index (χ3n) is 4.18. The Labute approximate surface area is 152 Å². The lowest BCUT2D eigenvalue weighted by molar-refractivity contribution is -0.149. The van der Waals surface area contributed by atoms with E-state index < -0.39 is 5.60 Å². The lowest BCUT2D eigenvalue weighted by Gasteiger charge is -2.16. The molecule has 0 aliphatic carbocycles. The zero-order valence-electron chi connectivity index (χ0n) is 13.9. The molecule has 0 bridgehead atoms. The van der Waals surface area contributed by atoms with Crippen molar-refractivity contribution in [2.45, 2.75) is 86.9 Å². The van der Waals surface area contributed by atoms with Gasteiger partial charge in [0.25, 0.3) is 0 Å². The molecule has 130 valence electrons. The van der Waals surface area contributed by atoms with Gasteiger partial charge < -0.3 is 9.47 Å². The summed E-state index contributed by atoms with van der Waals surface area (Å²) in [5, 5.41) is 0. The van der Waals surface area contributed by atoms with Crippen LogP contribution in [0.1, 0.15) is 71.6 Å². The highest BCUT2D eigenvalue weighted by Gasteiger charge is 2.52. The van der Waals surface area contributed by atoms with Crippen molar-refractivity contribution in [3.63, 3.8) is 0 Å². The normalized spacial score (nSPS) is 23.1. The third kappa shape index (κ3) is 7.31. The van der Waals surface area contributed by atoms with E-state index in [1.165, 1.54) is 38.5 Å². The topological polar surface area (TPSA) is 38.8 Å². The molecular formula is C17H30Br2O3. The SMILES string of the molecule is CCCCCC(Br)C(Br)CCCCCC1(C(=O)OCC)CO1. The van der Waals surface area contributed by atoms with Gasteiger partial charge in [0.1, 0.15) is 0 Å². The number of esters is 1. The van der Waals surface area contributed by atoms with Crippen LogP contribution in [0, 0.1) is 0 Å². The molecule has 0 spiro atoms. The van der Waals surface area contributed by atoms with Gasteiger partial charge in [-0.2, -0.15) is 0 Å². The summed E-state index contributed by atoms with van der Waals surface area (Å²) in [5.41, 5.74) is -0.595. The van der Waals surface area contributed by atoms with Crippen LogP contribution in [0.5, 0.6) is 0 Å². The van der Waals surface area contributed by atoms with Gasteiger partial charge in [0.05, 0.1) is 13.2 Å². The minimum Gasteiger partial charge on any atom is -0.464 e. The second kappa shape index (κ2) is 11.0. The second-order valence-corrected chi connectivity index (χ2v) is 8.48. The first-order chi connectivity index (χ1) is 10.6. The van der Waals surface area contributed by atoms with Crippen LogP contribution in [-0.4, -0.2) is 34.4 Å². The van der Waals surface area contributed by atoms with E-state index in [4.69, 9.17) is 9.47 Å². The molecule has 1 rings (SSSR count). The smallest absolute Gasteiger partial charge is 0.340 e. The predicted octanol–water partition coefficient (Wildman–Crippen LogP) is 5.38. The van der Waals surface area contributed by atoms with Crippen molar-refractivity contribution in [3.05, 3.63) is 0 Å². The van der Waals surface area contributed by atoms with Gasteiger partial charge in [-0.1, -0.05) is 70.9 Å². The molecule has 1 saturated heterocycles. The molecule has 1 heterocycles. The number of carbonyl (C=O) groups is 1. The first-order valence-corrected chi connectivity index (χ1v) is 10.5. The molecule has 0 aromatic carbocycles. The maximum atomic E-state index is 11.8. The third-order valence-corrected chi connectivity index (χ3v) is 7.08. The van der Waals surface area contributed by atoms with Crippen LogP contribution in [0.2, 0.25) is 0 Å².